The molecule has 84 valence electrons. The summed E-state index contributed by atoms with van der Waals surface area (Å²) in [6.45, 7) is 1.18. The van der Waals surface area contributed by atoms with Crippen LogP contribution in [0.5, 0.6) is 5.75 Å². The number of ether oxygens (including phenoxy) is 2. The Labute approximate surface area is 104 Å². The van der Waals surface area contributed by atoms with E-state index in [1.807, 2.05) is 0 Å². The van der Waals surface area contributed by atoms with Crippen molar-refractivity contribution >= 4 is 34.8 Å². The first-order chi connectivity index (χ1) is 7.15. The fraction of sp³-hybridized carbons (Fsp3) is 0.400. The fourth-order valence-electron chi connectivity index (χ4n) is 1.00. The maximum absolute atomic E-state index is 5.91. The van der Waals surface area contributed by atoms with E-state index in [0.29, 0.717) is 34.0 Å². The minimum atomic E-state index is 0.422. The van der Waals surface area contributed by atoms with E-state index < -0.39 is 0 Å². The van der Waals surface area contributed by atoms with Crippen molar-refractivity contribution in [1.29, 1.82) is 0 Å². The number of rotatable bonds is 5. The lowest BCUT2D eigenvalue weighted by atomic mass is 10.3. The van der Waals surface area contributed by atoms with Gasteiger partial charge in [0.05, 0.1) is 21.7 Å². The van der Waals surface area contributed by atoms with Gasteiger partial charge in [-0.25, -0.2) is 0 Å². The van der Waals surface area contributed by atoms with Gasteiger partial charge in [0, 0.05) is 26.2 Å². The quantitative estimate of drug-likeness (QED) is 0.593. The van der Waals surface area contributed by atoms with Gasteiger partial charge < -0.3 is 9.47 Å². The van der Waals surface area contributed by atoms with Gasteiger partial charge in [0.2, 0.25) is 0 Å². The molecule has 0 unspecified atom stereocenters. The van der Waals surface area contributed by atoms with Gasteiger partial charge in [-0.2, -0.15) is 0 Å². The van der Waals surface area contributed by atoms with Crippen molar-refractivity contribution in [2.45, 2.75) is 6.42 Å². The summed E-state index contributed by atoms with van der Waals surface area (Å²) in [4.78, 5) is 0. The predicted octanol–water partition coefficient (Wildman–Crippen LogP) is 4.06. The second-order valence-electron chi connectivity index (χ2n) is 2.89. The first-order valence-corrected chi connectivity index (χ1v) is 5.55. The Hall–Kier alpha value is -0.150. The van der Waals surface area contributed by atoms with Crippen molar-refractivity contribution in [2.75, 3.05) is 20.3 Å². The molecular formula is C10H11Cl3O2. The number of benzene rings is 1. The lowest BCUT2D eigenvalue weighted by Gasteiger charge is -2.08. The molecule has 5 heteroatoms. The van der Waals surface area contributed by atoms with Crippen LogP contribution in [-0.4, -0.2) is 20.3 Å². The monoisotopic (exact) mass is 268 g/mol. The Bertz CT molecular complexity index is 329. The van der Waals surface area contributed by atoms with Crippen molar-refractivity contribution in [2.24, 2.45) is 0 Å². The molecule has 0 aliphatic carbocycles. The minimum absolute atomic E-state index is 0.422. The molecule has 1 aromatic carbocycles. The molecule has 0 fully saturated rings. The van der Waals surface area contributed by atoms with Crippen molar-refractivity contribution in [3.8, 4) is 5.75 Å². The molecule has 0 radical (unpaired) electrons. The molecule has 1 rings (SSSR count). The first kappa shape index (κ1) is 12.9. The summed E-state index contributed by atoms with van der Waals surface area (Å²) in [6, 6.07) is 3.18. The summed E-state index contributed by atoms with van der Waals surface area (Å²) in [5.41, 5.74) is 0. The van der Waals surface area contributed by atoms with Crippen LogP contribution in [0.4, 0.5) is 0 Å². The third kappa shape index (κ3) is 4.07. The van der Waals surface area contributed by atoms with Gasteiger partial charge in [-0.05, 0) is 6.07 Å². The lowest BCUT2D eigenvalue weighted by Crippen LogP contribution is -2.01. The minimum Gasteiger partial charge on any atom is -0.492 e. The Morgan fingerprint density at radius 2 is 1.67 bits per heavy atom. The second-order valence-corrected chi connectivity index (χ2v) is 4.11. The molecule has 2 nitrogen and oxygen atoms in total. The van der Waals surface area contributed by atoms with Gasteiger partial charge in [0.15, 0.2) is 0 Å². The highest BCUT2D eigenvalue weighted by Crippen LogP contribution is 2.33. The van der Waals surface area contributed by atoms with E-state index >= 15 is 0 Å². The maximum atomic E-state index is 5.91. The van der Waals surface area contributed by atoms with Crippen molar-refractivity contribution in [3.63, 3.8) is 0 Å². The molecule has 0 heterocycles. The average Bonchev–Trinajstić information content (AvgIpc) is 2.20. The van der Waals surface area contributed by atoms with Crippen LogP contribution in [-0.2, 0) is 4.74 Å². The van der Waals surface area contributed by atoms with Crippen LogP contribution in [0.15, 0.2) is 12.1 Å². The second kappa shape index (κ2) is 6.44. The molecule has 0 bridgehead atoms. The van der Waals surface area contributed by atoms with E-state index in [-0.39, 0.29) is 0 Å². The predicted molar refractivity (Wildman–Crippen MR) is 63.5 cm³/mol. The van der Waals surface area contributed by atoms with Crippen LogP contribution in [0.1, 0.15) is 6.42 Å². The summed E-state index contributed by atoms with van der Waals surface area (Å²) >= 11 is 17.5. The molecule has 1 aromatic rings. The van der Waals surface area contributed by atoms with Crippen molar-refractivity contribution in [3.05, 3.63) is 27.2 Å². The fourth-order valence-corrected chi connectivity index (χ4v) is 1.59. The van der Waals surface area contributed by atoms with E-state index in [4.69, 9.17) is 44.3 Å². The highest BCUT2D eigenvalue weighted by atomic mass is 35.5. The van der Waals surface area contributed by atoms with Crippen LogP contribution in [0.2, 0.25) is 15.1 Å². The van der Waals surface area contributed by atoms with Gasteiger partial charge in [-0.1, -0.05) is 34.8 Å². The smallest absolute Gasteiger partial charge is 0.139 e. The zero-order valence-corrected chi connectivity index (χ0v) is 10.5. The summed E-state index contributed by atoms with van der Waals surface area (Å²) in [5, 5.41) is 1.32. The molecule has 15 heavy (non-hydrogen) atoms. The summed E-state index contributed by atoms with van der Waals surface area (Å²) in [6.07, 6.45) is 0.799. The third-order valence-electron chi connectivity index (χ3n) is 1.73. The van der Waals surface area contributed by atoms with Gasteiger partial charge >= 0.3 is 0 Å². The van der Waals surface area contributed by atoms with E-state index in [9.17, 15) is 0 Å². The van der Waals surface area contributed by atoms with Gasteiger partial charge in [-0.3, -0.25) is 0 Å². The number of hydrogen-bond donors (Lipinski definition) is 0. The van der Waals surface area contributed by atoms with E-state index in [1.54, 1.807) is 19.2 Å². The molecular weight excluding hydrogens is 258 g/mol. The van der Waals surface area contributed by atoms with Crippen LogP contribution < -0.4 is 4.74 Å². The standard InChI is InChI=1S/C10H11Cl3O2/c1-14-3-2-4-15-10-6-8(12)7(11)5-9(10)13/h5-6H,2-4H2,1H3. The molecule has 0 aliphatic heterocycles. The SMILES string of the molecule is COCCCOc1cc(Cl)c(Cl)cc1Cl. The molecule has 0 aromatic heterocycles. The first-order valence-electron chi connectivity index (χ1n) is 4.41. The summed E-state index contributed by atoms with van der Waals surface area (Å²) in [7, 11) is 1.64. The van der Waals surface area contributed by atoms with Gasteiger partial charge in [0.25, 0.3) is 0 Å². The Morgan fingerprint density at radius 1 is 1.00 bits per heavy atom. The van der Waals surface area contributed by atoms with Crippen molar-refractivity contribution in [1.82, 2.24) is 0 Å². The Morgan fingerprint density at radius 3 is 2.33 bits per heavy atom. The zero-order chi connectivity index (χ0) is 11.3. The Kier molecular flexibility index (Phi) is 5.54. The normalized spacial score (nSPS) is 10.4. The molecule has 0 spiro atoms. The van der Waals surface area contributed by atoms with Gasteiger partial charge in [0.1, 0.15) is 5.75 Å². The summed E-state index contributed by atoms with van der Waals surface area (Å²) < 4.78 is 10.3. The molecule has 0 saturated carbocycles. The van der Waals surface area contributed by atoms with E-state index in [1.165, 1.54) is 0 Å². The molecule has 0 saturated heterocycles. The topological polar surface area (TPSA) is 18.5 Å². The van der Waals surface area contributed by atoms with Crippen molar-refractivity contribution < 1.29 is 9.47 Å². The highest BCUT2D eigenvalue weighted by Gasteiger charge is 2.06. The summed E-state index contributed by atoms with van der Waals surface area (Å²) in [5.74, 6) is 0.544. The van der Waals surface area contributed by atoms with E-state index in [2.05, 4.69) is 0 Å². The third-order valence-corrected chi connectivity index (χ3v) is 2.74. The number of halogens is 3. The molecule has 0 aliphatic rings. The van der Waals surface area contributed by atoms with Gasteiger partial charge in [-0.15, -0.1) is 0 Å². The largest absolute Gasteiger partial charge is 0.492 e. The van der Waals surface area contributed by atoms with E-state index in [0.717, 1.165) is 6.42 Å². The average molecular weight is 270 g/mol. The highest BCUT2D eigenvalue weighted by molar-refractivity contribution is 6.43. The molecule has 0 atom stereocenters. The van der Waals surface area contributed by atoms with Crippen LogP contribution >= 0.6 is 34.8 Å². The Balaban J connectivity index is 2.57. The lowest BCUT2D eigenvalue weighted by molar-refractivity contribution is 0.172. The zero-order valence-electron chi connectivity index (χ0n) is 8.23. The van der Waals surface area contributed by atoms with Crippen LogP contribution in [0.25, 0.3) is 0 Å². The number of hydrogen-bond acceptors (Lipinski definition) is 2. The number of methoxy groups -OCH3 is 1. The molecule has 0 amide bonds. The van der Waals surface area contributed by atoms with Crippen LogP contribution in [0, 0.1) is 0 Å². The maximum Gasteiger partial charge on any atom is 0.139 e. The molecule has 0 N–H and O–H groups in total. The van der Waals surface area contributed by atoms with Crippen LogP contribution in [0.3, 0.4) is 0 Å².